The maximum atomic E-state index is 13.2. The summed E-state index contributed by atoms with van der Waals surface area (Å²) in [5, 5.41) is 9.78. The fourth-order valence-corrected chi connectivity index (χ4v) is 2.38. The van der Waals surface area contributed by atoms with Crippen LogP contribution in [0.3, 0.4) is 0 Å². The molecule has 24 heavy (non-hydrogen) atoms. The van der Waals surface area contributed by atoms with Crippen LogP contribution >= 0.6 is 12.9 Å². The van der Waals surface area contributed by atoms with Crippen LogP contribution in [0.4, 0.5) is 15.1 Å². The number of aliphatic hydroxyl groups excluding tert-OH is 1. The molecule has 0 aliphatic carbocycles. The lowest BCUT2D eigenvalue weighted by Gasteiger charge is -2.19. The summed E-state index contributed by atoms with van der Waals surface area (Å²) < 4.78 is 17.6. The van der Waals surface area contributed by atoms with Gasteiger partial charge in [-0.15, -0.1) is 0 Å². The van der Waals surface area contributed by atoms with Crippen molar-refractivity contribution in [1.82, 2.24) is 9.97 Å². The Morgan fingerprint density at radius 1 is 1.33 bits per heavy atom. The van der Waals surface area contributed by atoms with Crippen molar-refractivity contribution >= 4 is 25.0 Å². The van der Waals surface area contributed by atoms with Gasteiger partial charge in [0.2, 0.25) is 5.95 Å². The van der Waals surface area contributed by atoms with Gasteiger partial charge in [-0.3, -0.25) is 0 Å². The molecule has 1 aromatic heterocycles. The molecule has 1 heterocycles. The van der Waals surface area contributed by atoms with Crippen LogP contribution in [0.25, 0.3) is 11.3 Å². The fourth-order valence-electron chi connectivity index (χ4n) is 2.26. The van der Waals surface area contributed by atoms with Gasteiger partial charge in [-0.1, -0.05) is 13.8 Å². The molecule has 0 saturated carbocycles. The largest absolute Gasteiger partial charge is 0.428 e. The van der Waals surface area contributed by atoms with Crippen molar-refractivity contribution in [2.75, 3.05) is 11.9 Å². The smallest absolute Gasteiger partial charge is 0.392 e. The second kappa shape index (κ2) is 7.59. The highest BCUT2D eigenvalue weighted by Gasteiger charge is 2.22. The van der Waals surface area contributed by atoms with E-state index in [1.165, 1.54) is 19.2 Å². The first-order chi connectivity index (χ1) is 11.4. The molecule has 2 rings (SSSR count). The van der Waals surface area contributed by atoms with Crippen LogP contribution in [-0.4, -0.2) is 28.2 Å². The van der Waals surface area contributed by atoms with Crippen LogP contribution in [0.5, 0.6) is 0 Å². The maximum Gasteiger partial charge on any atom is 0.428 e. The first kappa shape index (κ1) is 18.2. The molecule has 0 spiro atoms. The first-order valence-electron chi connectivity index (χ1n) is 7.25. The monoisotopic (exact) mass is 351 g/mol. The van der Waals surface area contributed by atoms with E-state index in [9.17, 15) is 14.3 Å². The van der Waals surface area contributed by atoms with Gasteiger partial charge in [0, 0.05) is 31.1 Å². The summed E-state index contributed by atoms with van der Waals surface area (Å²) in [4.78, 5) is 21.5. The second-order valence-corrected chi connectivity index (χ2v) is 5.65. The second-order valence-electron chi connectivity index (χ2n) is 5.47. The zero-order valence-corrected chi connectivity index (χ0v) is 14.4. The van der Waals surface area contributed by atoms with Crippen molar-refractivity contribution in [1.29, 1.82) is 0 Å². The Labute approximate surface area is 144 Å². The Morgan fingerprint density at radius 2 is 1.96 bits per heavy atom. The standard InChI is InChI=1S/C16H18FN3O3S/c1-9(2)13-12(8-21)14(10-4-6-11(17)7-5-10)19-15(18-13)20(3)16(22)23-24/h4-7,9,21,24H,8H2,1-3H3. The van der Waals surface area contributed by atoms with E-state index in [-0.39, 0.29) is 24.3 Å². The van der Waals surface area contributed by atoms with Crippen molar-refractivity contribution in [3.8, 4) is 11.3 Å². The molecule has 0 radical (unpaired) electrons. The van der Waals surface area contributed by atoms with E-state index in [1.807, 2.05) is 13.8 Å². The third kappa shape index (κ3) is 3.65. The fraction of sp³-hybridized carbons (Fsp3) is 0.312. The molecule has 0 bridgehead atoms. The minimum atomic E-state index is -0.741. The summed E-state index contributed by atoms with van der Waals surface area (Å²) >= 11 is 3.49. The number of aromatic nitrogens is 2. The number of carbonyl (C=O) groups is 1. The summed E-state index contributed by atoms with van der Waals surface area (Å²) in [6.07, 6.45) is -0.741. The average molecular weight is 351 g/mol. The first-order valence-corrected chi connectivity index (χ1v) is 7.62. The minimum absolute atomic E-state index is 0.0199. The maximum absolute atomic E-state index is 13.2. The zero-order chi connectivity index (χ0) is 17.9. The van der Waals surface area contributed by atoms with Gasteiger partial charge in [0.1, 0.15) is 5.82 Å². The molecule has 0 fully saturated rings. The molecule has 128 valence electrons. The highest BCUT2D eigenvalue weighted by Crippen LogP contribution is 2.30. The van der Waals surface area contributed by atoms with Crippen LogP contribution in [-0.2, 0) is 10.8 Å². The number of amides is 1. The van der Waals surface area contributed by atoms with Crippen LogP contribution in [0.2, 0.25) is 0 Å². The molecular formula is C16H18FN3O3S. The lowest BCUT2D eigenvalue weighted by molar-refractivity contribution is 0.217. The number of hydrogen-bond acceptors (Lipinski definition) is 6. The summed E-state index contributed by atoms with van der Waals surface area (Å²) in [6.45, 7) is 3.55. The number of halogens is 1. The van der Waals surface area contributed by atoms with Crippen molar-refractivity contribution in [3.05, 3.63) is 41.3 Å². The Bertz CT molecular complexity index is 738. The normalized spacial score (nSPS) is 10.8. The SMILES string of the molecule is CC(C)c1nc(N(C)C(=O)OS)nc(-c2ccc(F)cc2)c1CO. The van der Waals surface area contributed by atoms with Crippen LogP contribution < -0.4 is 4.90 Å². The van der Waals surface area contributed by atoms with Gasteiger partial charge in [-0.05, 0) is 30.2 Å². The van der Waals surface area contributed by atoms with Gasteiger partial charge >= 0.3 is 6.09 Å². The lowest BCUT2D eigenvalue weighted by atomic mass is 9.99. The van der Waals surface area contributed by atoms with Crippen LogP contribution in [0.1, 0.15) is 31.0 Å². The van der Waals surface area contributed by atoms with Crippen molar-refractivity contribution in [2.24, 2.45) is 0 Å². The average Bonchev–Trinajstić information content (AvgIpc) is 2.59. The molecule has 2 aromatic rings. The number of aliphatic hydroxyl groups is 1. The molecule has 1 amide bonds. The minimum Gasteiger partial charge on any atom is -0.392 e. The number of benzene rings is 1. The van der Waals surface area contributed by atoms with Crippen molar-refractivity contribution < 1.29 is 18.5 Å². The summed E-state index contributed by atoms with van der Waals surface area (Å²) in [6, 6.07) is 5.72. The van der Waals surface area contributed by atoms with Crippen LogP contribution in [0.15, 0.2) is 24.3 Å². The molecule has 6 nitrogen and oxygen atoms in total. The van der Waals surface area contributed by atoms with E-state index < -0.39 is 6.09 Å². The molecule has 1 aromatic carbocycles. The molecule has 8 heteroatoms. The van der Waals surface area contributed by atoms with E-state index in [4.69, 9.17) is 0 Å². The van der Waals surface area contributed by atoms with Gasteiger partial charge in [-0.25, -0.2) is 24.1 Å². The predicted molar refractivity (Wildman–Crippen MR) is 91.3 cm³/mol. The van der Waals surface area contributed by atoms with E-state index in [0.29, 0.717) is 22.5 Å². The highest BCUT2D eigenvalue weighted by atomic mass is 32.1. The topological polar surface area (TPSA) is 75.6 Å². The van der Waals surface area contributed by atoms with Crippen LogP contribution in [0, 0.1) is 5.82 Å². The molecule has 0 aliphatic rings. The van der Waals surface area contributed by atoms with Crippen molar-refractivity contribution in [3.63, 3.8) is 0 Å². The Kier molecular flexibility index (Phi) is 5.74. The Morgan fingerprint density at radius 3 is 2.46 bits per heavy atom. The summed E-state index contributed by atoms with van der Waals surface area (Å²) in [5.41, 5.74) is 2.18. The van der Waals surface area contributed by atoms with Crippen molar-refractivity contribution in [2.45, 2.75) is 26.4 Å². The number of nitrogens with zero attached hydrogens (tertiary/aromatic N) is 3. The summed E-state index contributed by atoms with van der Waals surface area (Å²) in [7, 11) is 1.45. The van der Waals surface area contributed by atoms with Gasteiger partial charge < -0.3 is 9.29 Å². The molecular weight excluding hydrogens is 333 g/mol. The Balaban J connectivity index is 2.68. The van der Waals surface area contributed by atoms with Gasteiger partial charge in [-0.2, -0.15) is 0 Å². The molecule has 0 atom stereocenters. The molecule has 0 saturated heterocycles. The highest BCUT2D eigenvalue weighted by molar-refractivity contribution is 7.75. The van der Waals surface area contributed by atoms with E-state index in [0.717, 1.165) is 4.90 Å². The summed E-state index contributed by atoms with van der Waals surface area (Å²) in [5.74, 6) is -0.291. The van der Waals surface area contributed by atoms with E-state index in [1.54, 1.807) is 12.1 Å². The molecule has 0 unspecified atom stereocenters. The van der Waals surface area contributed by atoms with E-state index in [2.05, 4.69) is 27.1 Å². The number of thiol groups is 1. The third-order valence-electron chi connectivity index (χ3n) is 3.50. The number of rotatable bonds is 4. The third-order valence-corrected chi connectivity index (χ3v) is 3.66. The van der Waals surface area contributed by atoms with Gasteiger partial charge in [0.05, 0.1) is 18.0 Å². The molecule has 0 aliphatic heterocycles. The number of hydrogen-bond donors (Lipinski definition) is 2. The lowest BCUT2D eigenvalue weighted by Crippen LogP contribution is -2.27. The quantitative estimate of drug-likeness (QED) is 0.653. The van der Waals surface area contributed by atoms with E-state index >= 15 is 0 Å². The molecule has 1 N–H and O–H groups in total. The Hall–Kier alpha value is -2.19. The number of carbonyl (C=O) groups excluding carboxylic acids is 1. The number of anilines is 1. The van der Waals surface area contributed by atoms with Gasteiger partial charge in [0.15, 0.2) is 0 Å². The van der Waals surface area contributed by atoms with Gasteiger partial charge in [0.25, 0.3) is 0 Å². The predicted octanol–water partition coefficient (Wildman–Crippen LogP) is 3.32. The zero-order valence-electron chi connectivity index (χ0n) is 13.5.